The minimum absolute atomic E-state index is 0.0556. The summed E-state index contributed by atoms with van der Waals surface area (Å²) in [6.45, 7) is 7.52. The molecule has 1 aliphatic carbocycles. The molecule has 0 amide bonds. The first-order valence-corrected chi connectivity index (χ1v) is 10.1. The number of unbranched alkanes of at least 4 members (excludes halogenated alkanes) is 6. The van der Waals surface area contributed by atoms with Crippen molar-refractivity contribution in [2.75, 3.05) is 6.54 Å². The zero-order valence-corrected chi connectivity index (χ0v) is 16.5. The number of hydrogen-bond donors (Lipinski definition) is 0. The SMILES string of the molecule is CC1CCCCC(CCCCCCCCCN=C=O)(N=C=O)C1(C)C. The zero-order chi connectivity index (χ0) is 18.6. The maximum Gasteiger partial charge on any atom is 0.235 e. The van der Waals surface area contributed by atoms with E-state index in [2.05, 4.69) is 30.8 Å². The highest BCUT2D eigenvalue weighted by atomic mass is 16.1. The molecular formula is C21H36N2O2. The van der Waals surface area contributed by atoms with Crippen LogP contribution >= 0.6 is 0 Å². The number of aliphatic imine (C=N–C) groups is 2. The van der Waals surface area contributed by atoms with Gasteiger partial charge in [0.2, 0.25) is 12.2 Å². The molecule has 0 aromatic heterocycles. The molecule has 1 rings (SSSR count). The fourth-order valence-corrected chi connectivity index (χ4v) is 4.34. The molecule has 25 heavy (non-hydrogen) atoms. The lowest BCUT2D eigenvalue weighted by Gasteiger charge is -2.45. The Balaban J connectivity index is 2.40. The summed E-state index contributed by atoms with van der Waals surface area (Å²) in [5.74, 6) is 0.584. The van der Waals surface area contributed by atoms with Crippen molar-refractivity contribution in [3.63, 3.8) is 0 Å². The van der Waals surface area contributed by atoms with Crippen molar-refractivity contribution in [2.45, 2.75) is 103 Å². The van der Waals surface area contributed by atoms with Crippen LogP contribution in [0.25, 0.3) is 0 Å². The van der Waals surface area contributed by atoms with E-state index in [1.165, 1.54) is 44.9 Å². The van der Waals surface area contributed by atoms with Gasteiger partial charge in [-0.1, -0.05) is 78.6 Å². The van der Waals surface area contributed by atoms with Gasteiger partial charge in [0.15, 0.2) is 0 Å². The van der Waals surface area contributed by atoms with Crippen molar-refractivity contribution < 1.29 is 9.59 Å². The van der Waals surface area contributed by atoms with Crippen molar-refractivity contribution in [1.82, 2.24) is 0 Å². The highest BCUT2D eigenvalue weighted by Gasteiger charge is 2.48. The van der Waals surface area contributed by atoms with Crippen molar-refractivity contribution in [2.24, 2.45) is 21.3 Å². The van der Waals surface area contributed by atoms with Crippen LogP contribution in [0.4, 0.5) is 0 Å². The molecular weight excluding hydrogens is 312 g/mol. The lowest BCUT2D eigenvalue weighted by molar-refractivity contribution is 0.0864. The summed E-state index contributed by atoms with van der Waals surface area (Å²) in [5, 5.41) is 0. The zero-order valence-electron chi connectivity index (χ0n) is 16.5. The Morgan fingerprint density at radius 3 is 2.20 bits per heavy atom. The molecule has 0 heterocycles. The van der Waals surface area contributed by atoms with Gasteiger partial charge in [0.05, 0.1) is 12.1 Å². The number of isocyanates is 2. The largest absolute Gasteiger partial charge is 0.235 e. The Morgan fingerprint density at radius 1 is 0.920 bits per heavy atom. The summed E-state index contributed by atoms with van der Waals surface area (Å²) in [4.78, 5) is 29.1. The molecule has 0 aliphatic heterocycles. The molecule has 0 aromatic rings. The van der Waals surface area contributed by atoms with Gasteiger partial charge >= 0.3 is 0 Å². The third-order valence-electron chi connectivity index (χ3n) is 6.59. The fourth-order valence-electron chi connectivity index (χ4n) is 4.34. The van der Waals surface area contributed by atoms with Crippen LogP contribution in [0.5, 0.6) is 0 Å². The quantitative estimate of drug-likeness (QED) is 0.206. The standard InChI is InChI=1S/C21H36N2O2/c1-19-13-9-11-15-21(23-18-25,20(19,2)3)14-10-7-5-4-6-8-12-16-22-17-24/h19H,4-16H2,1-3H3. The van der Waals surface area contributed by atoms with Crippen molar-refractivity contribution in [3.05, 3.63) is 0 Å². The molecule has 4 nitrogen and oxygen atoms in total. The Morgan fingerprint density at radius 2 is 1.56 bits per heavy atom. The maximum absolute atomic E-state index is 11.1. The summed E-state index contributed by atoms with van der Waals surface area (Å²) in [6.07, 6.45) is 17.3. The van der Waals surface area contributed by atoms with Crippen LogP contribution in [0, 0.1) is 11.3 Å². The highest BCUT2D eigenvalue weighted by molar-refractivity contribution is 5.36. The Hall–Kier alpha value is -1.24. The maximum atomic E-state index is 11.1. The van der Waals surface area contributed by atoms with Crippen LogP contribution in [0.15, 0.2) is 9.98 Å². The fraction of sp³-hybridized carbons (Fsp3) is 0.905. The first-order chi connectivity index (χ1) is 12.0. The Labute approximate surface area is 153 Å². The summed E-state index contributed by atoms with van der Waals surface area (Å²) in [6, 6.07) is 0. The molecule has 0 bridgehead atoms. The Kier molecular flexibility index (Phi) is 9.93. The molecule has 0 spiro atoms. The molecule has 2 atom stereocenters. The number of carbonyl (C=O) groups excluding carboxylic acids is 2. The molecule has 0 radical (unpaired) electrons. The van der Waals surface area contributed by atoms with Gasteiger partial charge in [0, 0.05) is 0 Å². The molecule has 0 aromatic carbocycles. The topological polar surface area (TPSA) is 58.9 Å². The van der Waals surface area contributed by atoms with Crippen LogP contribution in [-0.2, 0) is 9.59 Å². The minimum atomic E-state index is -0.225. The molecule has 142 valence electrons. The number of nitrogens with zero attached hydrogens (tertiary/aromatic N) is 2. The van der Waals surface area contributed by atoms with Crippen molar-refractivity contribution >= 4 is 12.2 Å². The lowest BCUT2D eigenvalue weighted by Crippen LogP contribution is -2.46. The second-order valence-electron chi connectivity index (χ2n) is 8.30. The molecule has 0 N–H and O–H groups in total. The molecule has 1 saturated carbocycles. The molecule has 1 fully saturated rings. The van der Waals surface area contributed by atoms with E-state index < -0.39 is 0 Å². The summed E-state index contributed by atoms with van der Waals surface area (Å²) >= 11 is 0. The average molecular weight is 349 g/mol. The van der Waals surface area contributed by atoms with E-state index in [1.54, 1.807) is 6.08 Å². The van der Waals surface area contributed by atoms with Crippen LogP contribution in [0.2, 0.25) is 0 Å². The molecule has 0 saturated heterocycles. The van der Waals surface area contributed by atoms with Gasteiger partial charge in [-0.05, 0) is 30.6 Å². The van der Waals surface area contributed by atoms with E-state index in [-0.39, 0.29) is 11.0 Å². The van der Waals surface area contributed by atoms with Gasteiger partial charge in [-0.25, -0.2) is 14.6 Å². The van der Waals surface area contributed by atoms with E-state index in [0.717, 1.165) is 32.1 Å². The summed E-state index contributed by atoms with van der Waals surface area (Å²) in [7, 11) is 0. The van der Waals surface area contributed by atoms with Gasteiger partial charge in [0.25, 0.3) is 0 Å². The van der Waals surface area contributed by atoms with Crippen LogP contribution in [0.3, 0.4) is 0 Å². The van der Waals surface area contributed by atoms with E-state index in [1.807, 2.05) is 6.08 Å². The third kappa shape index (κ3) is 6.53. The summed E-state index contributed by atoms with van der Waals surface area (Å²) < 4.78 is 0. The monoisotopic (exact) mass is 348 g/mol. The predicted molar refractivity (Wildman–Crippen MR) is 102 cm³/mol. The number of rotatable bonds is 11. The van der Waals surface area contributed by atoms with Crippen LogP contribution < -0.4 is 0 Å². The van der Waals surface area contributed by atoms with Crippen LogP contribution in [0.1, 0.15) is 97.8 Å². The highest BCUT2D eigenvalue weighted by Crippen LogP contribution is 2.50. The van der Waals surface area contributed by atoms with E-state index in [0.29, 0.717) is 12.5 Å². The van der Waals surface area contributed by atoms with E-state index in [9.17, 15) is 9.59 Å². The van der Waals surface area contributed by atoms with E-state index in [4.69, 9.17) is 0 Å². The number of hydrogen-bond acceptors (Lipinski definition) is 4. The third-order valence-corrected chi connectivity index (χ3v) is 6.59. The second kappa shape index (κ2) is 11.4. The van der Waals surface area contributed by atoms with Gasteiger partial charge in [-0.2, -0.15) is 4.99 Å². The minimum Gasteiger partial charge on any atom is -0.211 e. The van der Waals surface area contributed by atoms with E-state index >= 15 is 0 Å². The molecule has 1 aliphatic rings. The Bertz CT molecular complexity index is 476. The molecule has 4 heteroatoms. The second-order valence-corrected chi connectivity index (χ2v) is 8.30. The van der Waals surface area contributed by atoms with Gasteiger partial charge in [0.1, 0.15) is 0 Å². The van der Waals surface area contributed by atoms with Gasteiger partial charge in [-0.3, -0.25) is 0 Å². The van der Waals surface area contributed by atoms with Crippen molar-refractivity contribution in [3.8, 4) is 0 Å². The van der Waals surface area contributed by atoms with Crippen molar-refractivity contribution in [1.29, 1.82) is 0 Å². The lowest BCUT2D eigenvalue weighted by atomic mass is 9.62. The normalized spacial score (nSPS) is 25.5. The predicted octanol–water partition coefficient (Wildman–Crippen LogP) is 5.75. The van der Waals surface area contributed by atoms with Crippen LogP contribution in [-0.4, -0.2) is 24.2 Å². The average Bonchev–Trinajstić information content (AvgIpc) is 2.69. The molecule has 2 unspecified atom stereocenters. The first kappa shape index (κ1) is 21.8. The summed E-state index contributed by atoms with van der Waals surface area (Å²) in [5.41, 5.74) is -0.169. The van der Waals surface area contributed by atoms with Gasteiger partial charge < -0.3 is 0 Å². The first-order valence-electron chi connectivity index (χ1n) is 10.1. The smallest absolute Gasteiger partial charge is 0.211 e. The van der Waals surface area contributed by atoms with Gasteiger partial charge in [-0.15, -0.1) is 0 Å².